The van der Waals surface area contributed by atoms with Crippen molar-refractivity contribution < 1.29 is 36.2 Å². The zero-order valence-electron chi connectivity index (χ0n) is 21.8. The average molecular weight is 596 g/mol. The summed E-state index contributed by atoms with van der Waals surface area (Å²) in [6.45, 7) is 1.98. The Morgan fingerprint density at radius 1 is 1.15 bits per heavy atom. The molecule has 4 aromatic rings. The van der Waals surface area contributed by atoms with E-state index in [0.717, 1.165) is 16.4 Å². The SMILES string of the molecule is CCn1c(Cn2nc(C(F)F)cc2C(F)F)nnc1SCC(=O)NN=Cc1ccc(COc2ccccc2OC)o1. The zero-order chi connectivity index (χ0) is 29.4. The standard InChI is InChI=1S/C25H25F4N7O4S/c1-3-35-21(12-36-18(24(28)29)10-17(34-36)23(26)27)31-33-25(35)41-14-22(37)32-30-11-15-8-9-16(40-15)13-39-20-7-5-4-6-19(20)38-2/h4-11,23-24H,3,12-14H2,1-2H3,(H,32,37). The van der Waals surface area contributed by atoms with Gasteiger partial charge in [-0.25, -0.2) is 23.0 Å². The van der Waals surface area contributed by atoms with Crippen LogP contribution in [0.1, 0.15) is 48.5 Å². The van der Waals surface area contributed by atoms with Crippen LogP contribution in [0.2, 0.25) is 0 Å². The Morgan fingerprint density at radius 3 is 2.63 bits per heavy atom. The molecular weight excluding hydrogens is 570 g/mol. The molecular formula is C25H25F4N7O4S. The van der Waals surface area contributed by atoms with Crippen molar-refractivity contribution in [1.82, 2.24) is 30.0 Å². The van der Waals surface area contributed by atoms with Crippen molar-refractivity contribution in [2.45, 2.75) is 44.6 Å². The topological polar surface area (TPSA) is 122 Å². The molecule has 0 unspecified atom stereocenters. The molecule has 218 valence electrons. The van der Waals surface area contributed by atoms with Crippen molar-refractivity contribution in [3.05, 3.63) is 71.2 Å². The van der Waals surface area contributed by atoms with E-state index in [-0.39, 0.29) is 24.7 Å². The van der Waals surface area contributed by atoms with E-state index in [1.807, 2.05) is 12.1 Å². The first-order valence-electron chi connectivity index (χ1n) is 12.1. The second-order valence-corrected chi connectivity index (χ2v) is 9.16. The lowest BCUT2D eigenvalue weighted by Crippen LogP contribution is -2.20. The molecule has 0 aliphatic rings. The molecule has 0 radical (unpaired) electrons. The summed E-state index contributed by atoms with van der Waals surface area (Å²) >= 11 is 1.04. The number of nitrogens with zero attached hydrogens (tertiary/aromatic N) is 6. The third kappa shape index (κ3) is 7.65. The van der Waals surface area contributed by atoms with E-state index in [1.54, 1.807) is 42.9 Å². The predicted octanol–water partition coefficient (Wildman–Crippen LogP) is 4.84. The Balaban J connectivity index is 1.28. The van der Waals surface area contributed by atoms with Gasteiger partial charge in [-0.15, -0.1) is 10.2 Å². The number of ether oxygens (including phenoxy) is 2. The first kappa shape index (κ1) is 29.6. The molecule has 1 aromatic carbocycles. The lowest BCUT2D eigenvalue weighted by Gasteiger charge is -2.09. The molecule has 0 aliphatic carbocycles. The minimum Gasteiger partial charge on any atom is -0.493 e. The Kier molecular flexibility index (Phi) is 10.00. The van der Waals surface area contributed by atoms with Gasteiger partial charge in [-0.2, -0.15) is 10.2 Å². The van der Waals surface area contributed by atoms with Crippen molar-refractivity contribution in [3.8, 4) is 11.5 Å². The maximum Gasteiger partial charge on any atom is 0.282 e. The van der Waals surface area contributed by atoms with E-state index in [0.29, 0.717) is 40.8 Å². The lowest BCUT2D eigenvalue weighted by molar-refractivity contribution is -0.118. The lowest BCUT2D eigenvalue weighted by atomic mass is 10.3. The smallest absolute Gasteiger partial charge is 0.282 e. The molecule has 4 rings (SSSR count). The van der Waals surface area contributed by atoms with Gasteiger partial charge in [0.25, 0.3) is 18.8 Å². The van der Waals surface area contributed by atoms with Gasteiger partial charge in [0.1, 0.15) is 36.1 Å². The number of carbonyl (C=O) groups excluding carboxylic acids is 1. The number of furan rings is 1. The second-order valence-electron chi connectivity index (χ2n) is 8.22. The number of alkyl halides is 4. The molecule has 11 nitrogen and oxygen atoms in total. The number of hydrogen-bond donors (Lipinski definition) is 1. The number of aromatic nitrogens is 5. The van der Waals surface area contributed by atoms with Crippen LogP contribution in [-0.4, -0.2) is 49.5 Å². The number of rotatable bonds is 14. The molecule has 0 atom stereocenters. The third-order valence-electron chi connectivity index (χ3n) is 5.51. The largest absolute Gasteiger partial charge is 0.493 e. The van der Waals surface area contributed by atoms with Gasteiger partial charge in [0.2, 0.25) is 0 Å². The Hall–Kier alpha value is -4.34. The average Bonchev–Trinajstić information content (AvgIpc) is 3.69. The van der Waals surface area contributed by atoms with Crippen molar-refractivity contribution in [2.75, 3.05) is 12.9 Å². The molecule has 41 heavy (non-hydrogen) atoms. The number of methoxy groups -OCH3 is 1. The minimum absolute atomic E-state index is 0.0782. The highest BCUT2D eigenvalue weighted by Crippen LogP contribution is 2.27. The summed E-state index contributed by atoms with van der Waals surface area (Å²) in [5.74, 6) is 1.79. The van der Waals surface area contributed by atoms with E-state index in [1.165, 1.54) is 6.21 Å². The molecule has 0 saturated heterocycles. The van der Waals surface area contributed by atoms with Gasteiger partial charge in [-0.3, -0.25) is 9.48 Å². The summed E-state index contributed by atoms with van der Waals surface area (Å²) in [7, 11) is 1.55. The molecule has 3 heterocycles. The zero-order valence-corrected chi connectivity index (χ0v) is 22.7. The van der Waals surface area contributed by atoms with Crippen LogP contribution in [0.15, 0.2) is 57.1 Å². The highest BCUT2D eigenvalue weighted by molar-refractivity contribution is 7.99. The predicted molar refractivity (Wildman–Crippen MR) is 139 cm³/mol. The number of amides is 1. The Bertz CT molecular complexity index is 1490. The van der Waals surface area contributed by atoms with Crippen molar-refractivity contribution >= 4 is 23.9 Å². The summed E-state index contributed by atoms with van der Waals surface area (Å²) in [6, 6.07) is 11.3. The van der Waals surface area contributed by atoms with Crippen LogP contribution < -0.4 is 14.9 Å². The molecule has 0 bridgehead atoms. The number of carbonyl (C=O) groups is 1. The Morgan fingerprint density at radius 2 is 1.93 bits per heavy atom. The molecule has 0 spiro atoms. The maximum absolute atomic E-state index is 13.3. The monoisotopic (exact) mass is 595 g/mol. The van der Waals surface area contributed by atoms with E-state index in [9.17, 15) is 22.4 Å². The molecule has 0 aliphatic heterocycles. The van der Waals surface area contributed by atoms with Gasteiger partial charge in [0.05, 0.1) is 19.1 Å². The van der Waals surface area contributed by atoms with E-state index >= 15 is 0 Å². The molecule has 16 heteroatoms. The van der Waals surface area contributed by atoms with Gasteiger partial charge < -0.3 is 18.5 Å². The van der Waals surface area contributed by atoms with Crippen molar-refractivity contribution in [3.63, 3.8) is 0 Å². The van der Waals surface area contributed by atoms with Gasteiger partial charge in [0.15, 0.2) is 22.5 Å². The summed E-state index contributed by atoms with van der Waals surface area (Å²) in [5, 5.41) is 15.8. The fraction of sp³-hybridized carbons (Fsp3) is 0.320. The van der Waals surface area contributed by atoms with Gasteiger partial charge >= 0.3 is 0 Å². The van der Waals surface area contributed by atoms with Crippen LogP contribution in [0.25, 0.3) is 0 Å². The van der Waals surface area contributed by atoms with Gasteiger partial charge in [0, 0.05) is 6.54 Å². The molecule has 3 aromatic heterocycles. The van der Waals surface area contributed by atoms with Crippen LogP contribution >= 0.6 is 11.8 Å². The number of para-hydroxylation sites is 2. The van der Waals surface area contributed by atoms with Gasteiger partial charge in [-0.05, 0) is 37.3 Å². The van der Waals surface area contributed by atoms with Crippen LogP contribution in [0, 0.1) is 0 Å². The van der Waals surface area contributed by atoms with Crippen LogP contribution in [0.4, 0.5) is 17.6 Å². The van der Waals surface area contributed by atoms with E-state index in [4.69, 9.17) is 13.9 Å². The van der Waals surface area contributed by atoms with E-state index < -0.39 is 30.1 Å². The molecule has 1 amide bonds. The number of hydrazone groups is 1. The maximum atomic E-state index is 13.3. The van der Waals surface area contributed by atoms with Crippen LogP contribution in [0.3, 0.4) is 0 Å². The fourth-order valence-electron chi connectivity index (χ4n) is 3.61. The molecule has 0 fully saturated rings. The van der Waals surface area contributed by atoms with Crippen molar-refractivity contribution in [1.29, 1.82) is 0 Å². The quantitative estimate of drug-likeness (QED) is 0.0952. The number of nitrogens with one attached hydrogen (secondary N) is 1. The number of benzene rings is 1. The minimum atomic E-state index is -2.99. The summed E-state index contributed by atoms with van der Waals surface area (Å²) < 4.78 is 71.5. The molecule has 0 saturated carbocycles. The summed E-state index contributed by atoms with van der Waals surface area (Å²) in [6.07, 6.45) is -4.65. The number of halogens is 4. The van der Waals surface area contributed by atoms with Crippen LogP contribution in [-0.2, 0) is 24.5 Å². The summed E-state index contributed by atoms with van der Waals surface area (Å²) in [4.78, 5) is 12.3. The van der Waals surface area contributed by atoms with E-state index in [2.05, 4.69) is 25.8 Å². The van der Waals surface area contributed by atoms with Crippen molar-refractivity contribution in [2.24, 2.45) is 5.10 Å². The highest BCUT2D eigenvalue weighted by Gasteiger charge is 2.23. The van der Waals surface area contributed by atoms with Crippen LogP contribution in [0.5, 0.6) is 11.5 Å². The number of hydrogen-bond acceptors (Lipinski definition) is 9. The number of thioether (sulfide) groups is 1. The third-order valence-corrected chi connectivity index (χ3v) is 6.48. The Labute approximate surface area is 235 Å². The fourth-order valence-corrected chi connectivity index (χ4v) is 4.43. The second kappa shape index (κ2) is 13.8. The first-order chi connectivity index (χ1) is 19.8. The summed E-state index contributed by atoms with van der Waals surface area (Å²) in [5.41, 5.74) is 0.980. The molecule has 1 N–H and O–H groups in total. The highest BCUT2D eigenvalue weighted by atomic mass is 32.2. The first-order valence-corrected chi connectivity index (χ1v) is 13.1. The van der Waals surface area contributed by atoms with Gasteiger partial charge in [-0.1, -0.05) is 23.9 Å². The normalized spacial score (nSPS) is 11.6.